The Bertz CT molecular complexity index is 749. The van der Waals surface area contributed by atoms with Gasteiger partial charge in [-0.2, -0.15) is 0 Å². The van der Waals surface area contributed by atoms with Gasteiger partial charge in [-0.25, -0.2) is 4.39 Å². The summed E-state index contributed by atoms with van der Waals surface area (Å²) >= 11 is 0. The second-order valence-electron chi connectivity index (χ2n) is 4.81. The summed E-state index contributed by atoms with van der Waals surface area (Å²) in [7, 11) is 2.96. The van der Waals surface area contributed by atoms with Gasteiger partial charge in [0.25, 0.3) is 5.91 Å². The number of methoxy groups -OCH3 is 2. The molecule has 24 heavy (non-hydrogen) atoms. The van der Waals surface area contributed by atoms with E-state index < -0.39 is 17.6 Å². The fraction of sp³-hybridized carbons (Fsp3) is 0.176. The Kier molecular flexibility index (Phi) is 5.73. The van der Waals surface area contributed by atoms with Gasteiger partial charge < -0.3 is 20.1 Å². The van der Waals surface area contributed by atoms with Crippen LogP contribution in [0, 0.1) is 5.82 Å². The Morgan fingerprint density at radius 2 is 1.79 bits per heavy atom. The maximum absolute atomic E-state index is 13.0. The number of carbonyl (C=O) groups is 2. The molecule has 0 heterocycles. The van der Waals surface area contributed by atoms with Crippen molar-refractivity contribution in [2.45, 2.75) is 0 Å². The summed E-state index contributed by atoms with van der Waals surface area (Å²) < 4.78 is 23.3. The van der Waals surface area contributed by atoms with Crippen LogP contribution in [0.3, 0.4) is 0 Å². The van der Waals surface area contributed by atoms with Crippen LogP contribution in [0.4, 0.5) is 10.1 Å². The summed E-state index contributed by atoms with van der Waals surface area (Å²) in [6.45, 7) is -0.246. The lowest BCUT2D eigenvalue weighted by Crippen LogP contribution is -2.32. The van der Waals surface area contributed by atoms with Crippen molar-refractivity contribution in [1.29, 1.82) is 0 Å². The summed E-state index contributed by atoms with van der Waals surface area (Å²) in [6.07, 6.45) is 0. The molecule has 0 atom stereocenters. The number of rotatable bonds is 6. The predicted molar refractivity (Wildman–Crippen MR) is 86.9 cm³/mol. The van der Waals surface area contributed by atoms with Crippen molar-refractivity contribution in [1.82, 2.24) is 5.32 Å². The van der Waals surface area contributed by atoms with Gasteiger partial charge in [0.2, 0.25) is 5.91 Å². The first-order valence-electron chi connectivity index (χ1n) is 7.09. The lowest BCUT2D eigenvalue weighted by atomic mass is 10.2. The Hall–Kier alpha value is -3.09. The Balaban J connectivity index is 1.94. The standard InChI is InChI=1S/C17H17FN2O4/c1-23-14-7-6-11(8-15(14)24-2)17(22)19-10-16(21)20-13-5-3-4-12(18)9-13/h3-9H,10H2,1-2H3,(H,19,22)(H,20,21). The highest BCUT2D eigenvalue weighted by Gasteiger charge is 2.12. The minimum absolute atomic E-state index is 0.246. The van der Waals surface area contributed by atoms with Crippen molar-refractivity contribution >= 4 is 17.5 Å². The van der Waals surface area contributed by atoms with Crippen LogP contribution in [0.25, 0.3) is 0 Å². The highest BCUT2D eigenvalue weighted by molar-refractivity contribution is 5.99. The van der Waals surface area contributed by atoms with Gasteiger partial charge in [-0.05, 0) is 36.4 Å². The molecular formula is C17H17FN2O4. The fourth-order valence-electron chi connectivity index (χ4n) is 2.01. The third-order valence-electron chi connectivity index (χ3n) is 3.16. The van der Waals surface area contributed by atoms with E-state index >= 15 is 0 Å². The number of ether oxygens (including phenoxy) is 2. The average molecular weight is 332 g/mol. The maximum Gasteiger partial charge on any atom is 0.251 e. The van der Waals surface area contributed by atoms with Gasteiger partial charge >= 0.3 is 0 Å². The van der Waals surface area contributed by atoms with E-state index in [0.29, 0.717) is 22.7 Å². The molecule has 0 saturated carbocycles. The fourth-order valence-corrected chi connectivity index (χ4v) is 2.01. The molecule has 0 aliphatic rings. The molecule has 7 heteroatoms. The van der Waals surface area contributed by atoms with Crippen LogP contribution in [-0.2, 0) is 4.79 Å². The monoisotopic (exact) mass is 332 g/mol. The largest absolute Gasteiger partial charge is 0.493 e. The van der Waals surface area contributed by atoms with Crippen molar-refractivity contribution in [3.63, 3.8) is 0 Å². The van der Waals surface area contributed by atoms with Crippen molar-refractivity contribution in [2.75, 3.05) is 26.1 Å². The number of nitrogens with one attached hydrogen (secondary N) is 2. The van der Waals surface area contributed by atoms with E-state index in [4.69, 9.17) is 9.47 Å². The third-order valence-corrected chi connectivity index (χ3v) is 3.16. The maximum atomic E-state index is 13.0. The summed E-state index contributed by atoms with van der Waals surface area (Å²) in [5.41, 5.74) is 0.645. The Labute approximate surface area is 138 Å². The molecule has 2 amide bonds. The van der Waals surface area contributed by atoms with E-state index in [-0.39, 0.29) is 6.54 Å². The van der Waals surface area contributed by atoms with E-state index in [0.717, 1.165) is 0 Å². The molecule has 0 saturated heterocycles. The van der Waals surface area contributed by atoms with Crippen molar-refractivity contribution in [3.8, 4) is 11.5 Å². The quantitative estimate of drug-likeness (QED) is 0.850. The number of anilines is 1. The van der Waals surface area contributed by atoms with Crippen LogP contribution < -0.4 is 20.1 Å². The number of amides is 2. The molecule has 0 aromatic heterocycles. The van der Waals surface area contributed by atoms with Gasteiger partial charge in [-0.15, -0.1) is 0 Å². The van der Waals surface area contributed by atoms with E-state index in [2.05, 4.69) is 10.6 Å². The zero-order valence-corrected chi connectivity index (χ0v) is 13.3. The van der Waals surface area contributed by atoms with E-state index in [1.54, 1.807) is 18.2 Å². The lowest BCUT2D eigenvalue weighted by molar-refractivity contribution is -0.115. The normalized spacial score (nSPS) is 9.96. The molecule has 126 valence electrons. The van der Waals surface area contributed by atoms with Crippen LogP contribution >= 0.6 is 0 Å². The van der Waals surface area contributed by atoms with Crippen LogP contribution in [0.15, 0.2) is 42.5 Å². The van der Waals surface area contributed by atoms with Crippen LogP contribution in [-0.4, -0.2) is 32.6 Å². The molecule has 2 aromatic carbocycles. The van der Waals surface area contributed by atoms with E-state index in [1.807, 2.05) is 0 Å². The Morgan fingerprint density at radius 3 is 2.46 bits per heavy atom. The smallest absolute Gasteiger partial charge is 0.251 e. The molecule has 2 N–H and O–H groups in total. The molecular weight excluding hydrogens is 315 g/mol. The minimum Gasteiger partial charge on any atom is -0.493 e. The van der Waals surface area contributed by atoms with Crippen LogP contribution in [0.2, 0.25) is 0 Å². The van der Waals surface area contributed by atoms with E-state index in [9.17, 15) is 14.0 Å². The topological polar surface area (TPSA) is 76.7 Å². The molecule has 0 spiro atoms. The van der Waals surface area contributed by atoms with Crippen molar-refractivity contribution in [2.24, 2.45) is 0 Å². The van der Waals surface area contributed by atoms with Gasteiger partial charge in [-0.1, -0.05) is 6.07 Å². The first kappa shape index (κ1) is 17.3. The Morgan fingerprint density at radius 1 is 1.04 bits per heavy atom. The molecule has 0 aliphatic carbocycles. The van der Waals surface area contributed by atoms with Crippen LogP contribution in [0.1, 0.15) is 10.4 Å². The number of halogens is 1. The summed E-state index contributed by atoms with van der Waals surface area (Å²) in [5.74, 6) is -0.450. The zero-order chi connectivity index (χ0) is 17.5. The van der Waals surface area contributed by atoms with Crippen molar-refractivity contribution in [3.05, 3.63) is 53.8 Å². The minimum atomic E-state index is -0.463. The summed E-state index contributed by atoms with van der Waals surface area (Å²) in [5, 5.41) is 4.97. The molecule has 0 fully saturated rings. The molecule has 0 aliphatic heterocycles. The van der Waals surface area contributed by atoms with Gasteiger partial charge in [-0.3, -0.25) is 9.59 Å². The third kappa shape index (κ3) is 4.45. The van der Waals surface area contributed by atoms with Gasteiger partial charge in [0, 0.05) is 11.3 Å². The number of hydrogen-bond donors (Lipinski definition) is 2. The molecule has 0 bridgehead atoms. The lowest BCUT2D eigenvalue weighted by Gasteiger charge is -2.10. The number of carbonyl (C=O) groups excluding carboxylic acids is 2. The van der Waals surface area contributed by atoms with Gasteiger partial charge in [0.15, 0.2) is 11.5 Å². The molecule has 2 aromatic rings. The molecule has 0 unspecified atom stereocenters. The van der Waals surface area contributed by atoms with Gasteiger partial charge in [0.05, 0.1) is 20.8 Å². The first-order valence-corrected chi connectivity index (χ1v) is 7.09. The summed E-state index contributed by atoms with van der Waals surface area (Å²) in [4.78, 5) is 23.9. The number of hydrogen-bond acceptors (Lipinski definition) is 4. The summed E-state index contributed by atoms with van der Waals surface area (Å²) in [6, 6.07) is 10.2. The molecule has 6 nitrogen and oxygen atoms in total. The number of benzene rings is 2. The predicted octanol–water partition coefficient (Wildman–Crippen LogP) is 2.21. The first-order chi connectivity index (χ1) is 11.5. The molecule has 0 radical (unpaired) electrons. The second kappa shape index (κ2) is 7.96. The molecule has 2 rings (SSSR count). The van der Waals surface area contributed by atoms with E-state index in [1.165, 1.54) is 38.5 Å². The second-order valence-corrected chi connectivity index (χ2v) is 4.81. The highest BCUT2D eigenvalue weighted by atomic mass is 19.1. The highest BCUT2D eigenvalue weighted by Crippen LogP contribution is 2.27. The van der Waals surface area contributed by atoms with Crippen molar-refractivity contribution < 1.29 is 23.5 Å². The van der Waals surface area contributed by atoms with Crippen LogP contribution in [0.5, 0.6) is 11.5 Å². The SMILES string of the molecule is COc1ccc(C(=O)NCC(=O)Nc2cccc(F)c2)cc1OC. The zero-order valence-electron chi connectivity index (χ0n) is 13.3. The van der Waals surface area contributed by atoms with Gasteiger partial charge in [0.1, 0.15) is 5.82 Å². The average Bonchev–Trinajstić information content (AvgIpc) is 2.59.